The maximum Gasteiger partial charge on any atom is 0.435 e. The van der Waals surface area contributed by atoms with E-state index in [1.165, 1.54) is 11.3 Å². The Bertz CT molecular complexity index is 544. The van der Waals surface area contributed by atoms with Crippen LogP contribution in [0.4, 0.5) is 4.79 Å². The van der Waals surface area contributed by atoms with Crippen LogP contribution in [0.25, 0.3) is 11.3 Å². The summed E-state index contributed by atoms with van der Waals surface area (Å²) < 4.78 is 0. The highest BCUT2D eigenvalue weighted by Gasteiger charge is 2.19. The topological polar surface area (TPSA) is 47.4 Å². The van der Waals surface area contributed by atoms with Gasteiger partial charge in [0.05, 0.1) is 11.9 Å². The Morgan fingerprint density at radius 2 is 2.11 bits per heavy atom. The molecule has 0 aliphatic carbocycles. The molecular weight excluding hydrogens is 262 g/mol. The number of carbonyl (C=O) groups excluding carboxylic acids is 1. The first-order valence-electron chi connectivity index (χ1n) is 6.38. The summed E-state index contributed by atoms with van der Waals surface area (Å²) in [4.78, 5) is 20.1. The summed E-state index contributed by atoms with van der Waals surface area (Å²) in [7, 11) is 0. The van der Waals surface area contributed by atoms with Gasteiger partial charge in [0.25, 0.3) is 0 Å². The number of carbonyl (C=O) groups is 1. The summed E-state index contributed by atoms with van der Waals surface area (Å²) in [5, 5.41) is 8.25. The quantitative estimate of drug-likeness (QED) is 0.848. The third-order valence-electron chi connectivity index (χ3n) is 3.17. The van der Waals surface area contributed by atoms with E-state index in [4.69, 9.17) is 4.84 Å². The van der Waals surface area contributed by atoms with Crippen LogP contribution in [-0.2, 0) is 0 Å². The van der Waals surface area contributed by atoms with Gasteiger partial charge in [0.1, 0.15) is 0 Å². The fraction of sp³-hybridized carbons (Fsp3) is 0.385. The third kappa shape index (κ3) is 2.78. The van der Waals surface area contributed by atoms with Gasteiger partial charge in [0.2, 0.25) is 0 Å². The molecule has 0 atom stereocenters. The average molecular weight is 277 g/mol. The van der Waals surface area contributed by atoms with Crippen LogP contribution < -0.4 is 4.84 Å². The van der Waals surface area contributed by atoms with Crippen molar-refractivity contribution >= 4 is 17.4 Å². The Morgan fingerprint density at radius 1 is 1.26 bits per heavy atom. The predicted octanol–water partition coefficient (Wildman–Crippen LogP) is 2.65. The van der Waals surface area contributed by atoms with Gasteiger partial charge < -0.3 is 4.90 Å². The van der Waals surface area contributed by atoms with E-state index in [2.05, 4.69) is 5.10 Å². The number of thiophene rings is 1. The molecule has 1 saturated heterocycles. The first-order valence-corrected chi connectivity index (χ1v) is 7.33. The van der Waals surface area contributed by atoms with Crippen LogP contribution in [0.1, 0.15) is 19.3 Å². The van der Waals surface area contributed by atoms with Gasteiger partial charge >= 0.3 is 6.09 Å². The molecule has 0 N–H and O–H groups in total. The molecule has 1 aliphatic rings. The minimum Gasteiger partial charge on any atom is -0.306 e. The molecule has 6 heteroatoms. The number of aromatic nitrogens is 2. The van der Waals surface area contributed by atoms with E-state index in [0.29, 0.717) is 0 Å². The molecule has 0 aromatic carbocycles. The normalized spacial score (nSPS) is 15.5. The summed E-state index contributed by atoms with van der Waals surface area (Å²) in [5.74, 6) is 0. The molecular formula is C13H15N3O2S. The van der Waals surface area contributed by atoms with Crippen molar-refractivity contribution in [3.8, 4) is 11.3 Å². The number of nitrogens with zero attached hydrogens (tertiary/aromatic N) is 3. The average Bonchev–Trinajstić information content (AvgIpc) is 3.10. The van der Waals surface area contributed by atoms with E-state index < -0.39 is 0 Å². The van der Waals surface area contributed by atoms with Crippen molar-refractivity contribution in [2.45, 2.75) is 19.3 Å². The van der Waals surface area contributed by atoms with Gasteiger partial charge in [0.15, 0.2) is 0 Å². The molecule has 5 nitrogen and oxygen atoms in total. The Balaban J connectivity index is 1.65. The largest absolute Gasteiger partial charge is 0.435 e. The molecule has 100 valence electrons. The van der Waals surface area contributed by atoms with Gasteiger partial charge in [-0.05, 0) is 36.8 Å². The Kier molecular flexibility index (Phi) is 3.50. The second kappa shape index (κ2) is 5.44. The number of amides is 1. The number of likely N-dealkylation sites (tertiary alicyclic amines) is 1. The van der Waals surface area contributed by atoms with Gasteiger partial charge in [0, 0.05) is 24.0 Å². The van der Waals surface area contributed by atoms with Crippen LogP contribution >= 0.6 is 11.3 Å². The molecule has 19 heavy (non-hydrogen) atoms. The van der Waals surface area contributed by atoms with E-state index in [0.717, 1.165) is 37.2 Å². The van der Waals surface area contributed by atoms with Crippen molar-refractivity contribution in [1.29, 1.82) is 0 Å². The van der Waals surface area contributed by atoms with Gasteiger partial charge in [-0.2, -0.15) is 11.3 Å². The summed E-state index contributed by atoms with van der Waals surface area (Å²) in [6.07, 6.45) is 4.63. The minimum absolute atomic E-state index is 0.320. The second-order valence-corrected chi connectivity index (χ2v) is 5.30. The van der Waals surface area contributed by atoms with Crippen LogP contribution in [-0.4, -0.2) is 34.0 Å². The fourth-order valence-corrected chi connectivity index (χ4v) is 2.79. The summed E-state index contributed by atoms with van der Waals surface area (Å²) in [6, 6.07) is 3.83. The lowest BCUT2D eigenvalue weighted by Crippen LogP contribution is -2.40. The Labute approximate surface area is 115 Å². The van der Waals surface area contributed by atoms with Crippen LogP contribution in [0.2, 0.25) is 0 Å². The molecule has 2 aromatic heterocycles. The highest BCUT2D eigenvalue weighted by Crippen LogP contribution is 2.19. The predicted molar refractivity (Wildman–Crippen MR) is 72.9 cm³/mol. The lowest BCUT2D eigenvalue weighted by molar-refractivity contribution is 0.0733. The SMILES string of the molecule is O=C(On1ccc(-c2ccsc2)n1)N1CCCCC1. The summed E-state index contributed by atoms with van der Waals surface area (Å²) in [6.45, 7) is 1.55. The zero-order valence-electron chi connectivity index (χ0n) is 10.5. The van der Waals surface area contributed by atoms with E-state index in [9.17, 15) is 4.79 Å². The minimum atomic E-state index is -0.320. The maximum atomic E-state index is 11.9. The molecule has 1 fully saturated rings. The third-order valence-corrected chi connectivity index (χ3v) is 3.85. The van der Waals surface area contributed by atoms with Crippen molar-refractivity contribution in [2.24, 2.45) is 0 Å². The summed E-state index contributed by atoms with van der Waals surface area (Å²) >= 11 is 1.62. The lowest BCUT2D eigenvalue weighted by atomic mass is 10.1. The molecule has 1 amide bonds. The number of hydrogen-bond acceptors (Lipinski definition) is 4. The van der Waals surface area contributed by atoms with E-state index >= 15 is 0 Å². The number of piperidine rings is 1. The molecule has 0 saturated carbocycles. The Morgan fingerprint density at radius 3 is 2.84 bits per heavy atom. The number of hydrogen-bond donors (Lipinski definition) is 0. The van der Waals surface area contributed by atoms with Crippen molar-refractivity contribution < 1.29 is 9.63 Å². The van der Waals surface area contributed by atoms with Crippen molar-refractivity contribution in [3.05, 3.63) is 29.1 Å². The van der Waals surface area contributed by atoms with Crippen molar-refractivity contribution in [1.82, 2.24) is 14.8 Å². The van der Waals surface area contributed by atoms with Crippen LogP contribution in [0, 0.1) is 0 Å². The smallest absolute Gasteiger partial charge is 0.306 e. The molecule has 3 rings (SSSR count). The second-order valence-electron chi connectivity index (χ2n) is 4.52. The molecule has 3 heterocycles. The van der Waals surface area contributed by atoms with Crippen LogP contribution in [0.3, 0.4) is 0 Å². The summed E-state index contributed by atoms with van der Waals surface area (Å²) in [5.41, 5.74) is 1.85. The monoisotopic (exact) mass is 277 g/mol. The fourth-order valence-electron chi connectivity index (χ4n) is 2.14. The van der Waals surface area contributed by atoms with Crippen LogP contribution in [0.15, 0.2) is 29.1 Å². The highest BCUT2D eigenvalue weighted by atomic mass is 32.1. The zero-order chi connectivity index (χ0) is 13.1. The van der Waals surface area contributed by atoms with E-state index in [1.807, 2.05) is 22.9 Å². The maximum absolute atomic E-state index is 11.9. The zero-order valence-corrected chi connectivity index (χ0v) is 11.3. The molecule has 0 spiro atoms. The first kappa shape index (κ1) is 12.2. The molecule has 0 radical (unpaired) electrons. The first-order chi connectivity index (χ1) is 9.33. The molecule has 1 aliphatic heterocycles. The van der Waals surface area contributed by atoms with Gasteiger partial charge in [-0.1, -0.05) is 4.85 Å². The van der Waals surface area contributed by atoms with Crippen LogP contribution in [0.5, 0.6) is 0 Å². The lowest BCUT2D eigenvalue weighted by Gasteiger charge is -2.25. The highest BCUT2D eigenvalue weighted by molar-refractivity contribution is 7.08. The molecule has 0 bridgehead atoms. The van der Waals surface area contributed by atoms with Gasteiger partial charge in [-0.25, -0.2) is 4.79 Å². The molecule has 0 unspecified atom stereocenters. The van der Waals surface area contributed by atoms with Gasteiger partial charge in [-0.15, -0.1) is 5.10 Å². The van der Waals surface area contributed by atoms with Crippen molar-refractivity contribution in [2.75, 3.05) is 13.1 Å². The van der Waals surface area contributed by atoms with E-state index in [-0.39, 0.29) is 6.09 Å². The van der Waals surface area contributed by atoms with Crippen molar-refractivity contribution in [3.63, 3.8) is 0 Å². The van der Waals surface area contributed by atoms with E-state index in [1.54, 1.807) is 22.4 Å². The molecule has 2 aromatic rings. The Hall–Kier alpha value is -1.82. The standard InChI is InChI=1S/C13H15N3O2S/c17-13(15-6-2-1-3-7-15)18-16-8-4-12(14-16)11-5-9-19-10-11/h4-5,8-10H,1-3,6-7H2. The number of rotatable bonds is 2. The van der Waals surface area contributed by atoms with Gasteiger partial charge in [-0.3, -0.25) is 4.84 Å².